The summed E-state index contributed by atoms with van der Waals surface area (Å²) in [6.45, 7) is 12.5. The van der Waals surface area contributed by atoms with Crippen molar-refractivity contribution in [3.8, 4) is 5.88 Å². The summed E-state index contributed by atoms with van der Waals surface area (Å²) in [5.41, 5.74) is -0.315. The summed E-state index contributed by atoms with van der Waals surface area (Å²) in [7, 11) is 0. The zero-order chi connectivity index (χ0) is 14.7. The smallest absolute Gasteiger partial charge is 0.435 e. The Morgan fingerprint density at radius 1 is 1.26 bits per heavy atom. The third-order valence-corrected chi connectivity index (χ3v) is 2.25. The van der Waals surface area contributed by atoms with E-state index in [0.717, 1.165) is 11.1 Å². The lowest BCUT2D eigenvalue weighted by Gasteiger charge is -2.18. The molecule has 0 aliphatic heterocycles. The molecule has 1 rings (SSSR count). The largest absolute Gasteiger partial charge is 0.477 e. The topological polar surface area (TPSA) is 53.4 Å². The van der Waals surface area contributed by atoms with Gasteiger partial charge in [0.2, 0.25) is 5.88 Å². The molecule has 1 aromatic heterocycles. The Kier molecular flexibility index (Phi) is 4.61. The molecular formula is C14H24N2O3. The first-order valence-electron chi connectivity index (χ1n) is 6.49. The van der Waals surface area contributed by atoms with Crippen molar-refractivity contribution in [2.75, 3.05) is 6.61 Å². The van der Waals surface area contributed by atoms with E-state index in [-0.39, 0.29) is 5.41 Å². The van der Waals surface area contributed by atoms with Gasteiger partial charge >= 0.3 is 6.09 Å². The molecule has 1 aromatic rings. The average molecular weight is 268 g/mol. The molecule has 19 heavy (non-hydrogen) atoms. The SMILES string of the molecule is CC(C)(C)CCOc1ccn(C(=O)OC(C)(C)C)n1. The van der Waals surface area contributed by atoms with Gasteiger partial charge in [-0.2, -0.15) is 4.68 Å². The summed E-state index contributed by atoms with van der Waals surface area (Å²) in [6.07, 6.45) is 1.96. The maximum absolute atomic E-state index is 11.7. The lowest BCUT2D eigenvalue weighted by atomic mass is 9.93. The van der Waals surface area contributed by atoms with Crippen LogP contribution in [0.3, 0.4) is 0 Å². The Morgan fingerprint density at radius 2 is 1.89 bits per heavy atom. The van der Waals surface area contributed by atoms with E-state index in [1.807, 2.05) is 20.8 Å². The van der Waals surface area contributed by atoms with E-state index in [1.54, 1.807) is 12.3 Å². The Labute approximate surface area is 114 Å². The molecule has 0 atom stereocenters. The monoisotopic (exact) mass is 268 g/mol. The summed E-state index contributed by atoms with van der Waals surface area (Å²) in [4.78, 5) is 11.7. The molecule has 0 saturated carbocycles. The molecule has 108 valence electrons. The molecule has 1 heterocycles. The first-order valence-corrected chi connectivity index (χ1v) is 6.49. The van der Waals surface area contributed by atoms with Crippen molar-refractivity contribution in [1.29, 1.82) is 0 Å². The van der Waals surface area contributed by atoms with E-state index in [4.69, 9.17) is 9.47 Å². The van der Waals surface area contributed by atoms with Gasteiger partial charge in [0, 0.05) is 12.3 Å². The van der Waals surface area contributed by atoms with Crippen molar-refractivity contribution in [3.63, 3.8) is 0 Å². The van der Waals surface area contributed by atoms with Gasteiger partial charge < -0.3 is 9.47 Å². The van der Waals surface area contributed by atoms with E-state index in [9.17, 15) is 4.79 Å². The lowest BCUT2D eigenvalue weighted by Crippen LogP contribution is -2.27. The van der Waals surface area contributed by atoms with Crippen LogP contribution < -0.4 is 4.74 Å². The number of carbonyl (C=O) groups excluding carboxylic acids is 1. The highest BCUT2D eigenvalue weighted by Gasteiger charge is 2.19. The van der Waals surface area contributed by atoms with Gasteiger partial charge in [-0.15, -0.1) is 5.10 Å². The maximum Gasteiger partial charge on any atom is 0.435 e. The van der Waals surface area contributed by atoms with Gasteiger partial charge in [0.05, 0.1) is 6.61 Å². The van der Waals surface area contributed by atoms with Crippen LogP contribution >= 0.6 is 0 Å². The van der Waals surface area contributed by atoms with E-state index in [2.05, 4.69) is 25.9 Å². The van der Waals surface area contributed by atoms with Crippen LogP contribution in [0.25, 0.3) is 0 Å². The summed E-state index contributed by atoms with van der Waals surface area (Å²) < 4.78 is 11.9. The number of carbonyl (C=O) groups is 1. The number of hydrogen-bond donors (Lipinski definition) is 0. The molecule has 0 spiro atoms. The molecular weight excluding hydrogens is 244 g/mol. The highest BCUT2D eigenvalue weighted by atomic mass is 16.6. The van der Waals surface area contributed by atoms with Gasteiger partial charge in [0.25, 0.3) is 0 Å². The van der Waals surface area contributed by atoms with Crippen molar-refractivity contribution >= 4 is 6.09 Å². The fraction of sp³-hybridized carbons (Fsp3) is 0.714. The highest BCUT2D eigenvalue weighted by molar-refractivity contribution is 5.69. The number of ether oxygens (including phenoxy) is 2. The van der Waals surface area contributed by atoms with Crippen molar-refractivity contribution in [2.24, 2.45) is 5.41 Å². The number of aromatic nitrogens is 2. The van der Waals surface area contributed by atoms with Gasteiger partial charge in [0.15, 0.2) is 0 Å². The molecule has 5 nitrogen and oxygen atoms in total. The first-order chi connectivity index (χ1) is 8.57. The average Bonchev–Trinajstić information content (AvgIpc) is 2.61. The van der Waals surface area contributed by atoms with Crippen molar-refractivity contribution < 1.29 is 14.3 Å². The Bertz CT molecular complexity index is 425. The zero-order valence-corrected chi connectivity index (χ0v) is 12.7. The summed E-state index contributed by atoms with van der Waals surface area (Å²) >= 11 is 0. The molecule has 5 heteroatoms. The maximum atomic E-state index is 11.7. The number of hydrogen-bond acceptors (Lipinski definition) is 4. The molecule has 0 aliphatic rings. The zero-order valence-electron chi connectivity index (χ0n) is 12.7. The Hall–Kier alpha value is -1.52. The van der Waals surface area contributed by atoms with Crippen molar-refractivity contribution in [2.45, 2.75) is 53.6 Å². The molecule has 0 fully saturated rings. The minimum Gasteiger partial charge on any atom is -0.477 e. The summed E-state index contributed by atoms with van der Waals surface area (Å²) in [5, 5.41) is 4.03. The third-order valence-electron chi connectivity index (χ3n) is 2.25. The van der Waals surface area contributed by atoms with Gasteiger partial charge in [0.1, 0.15) is 5.60 Å². The second-order valence-corrected chi connectivity index (χ2v) is 6.74. The summed E-state index contributed by atoms with van der Waals surface area (Å²) in [5.74, 6) is 0.440. The second-order valence-electron chi connectivity index (χ2n) is 6.74. The molecule has 0 unspecified atom stereocenters. The summed E-state index contributed by atoms with van der Waals surface area (Å²) in [6, 6.07) is 1.66. The third kappa shape index (κ3) is 6.27. The fourth-order valence-electron chi connectivity index (χ4n) is 1.26. The van der Waals surface area contributed by atoms with Crippen molar-refractivity contribution in [1.82, 2.24) is 9.78 Å². The molecule has 0 amide bonds. The molecule has 0 N–H and O–H groups in total. The minimum absolute atomic E-state index is 0.216. The molecule has 0 aliphatic carbocycles. The van der Waals surface area contributed by atoms with Crippen LogP contribution in [0, 0.1) is 5.41 Å². The van der Waals surface area contributed by atoms with E-state index in [0.29, 0.717) is 12.5 Å². The van der Waals surface area contributed by atoms with E-state index in [1.165, 1.54) is 0 Å². The van der Waals surface area contributed by atoms with Crippen LogP contribution in [-0.2, 0) is 4.74 Å². The molecule has 0 bridgehead atoms. The quantitative estimate of drug-likeness (QED) is 0.842. The standard InChI is InChI=1S/C14H24N2O3/c1-13(2,3)8-10-18-11-7-9-16(15-11)12(17)19-14(4,5)6/h7,9H,8,10H2,1-6H3. The Morgan fingerprint density at radius 3 is 2.42 bits per heavy atom. The van der Waals surface area contributed by atoms with Crippen LogP contribution in [0.5, 0.6) is 5.88 Å². The number of rotatable bonds is 3. The van der Waals surface area contributed by atoms with Crippen LogP contribution in [-0.4, -0.2) is 28.1 Å². The van der Waals surface area contributed by atoms with Gasteiger partial charge in [-0.25, -0.2) is 4.79 Å². The Balaban J connectivity index is 2.51. The normalized spacial score (nSPS) is 12.3. The van der Waals surface area contributed by atoms with Gasteiger partial charge in [-0.1, -0.05) is 20.8 Å². The van der Waals surface area contributed by atoms with Gasteiger partial charge in [-0.3, -0.25) is 0 Å². The predicted molar refractivity (Wildman–Crippen MR) is 73.4 cm³/mol. The first kappa shape index (κ1) is 15.5. The molecule has 0 saturated heterocycles. The van der Waals surface area contributed by atoms with E-state index >= 15 is 0 Å². The molecule has 0 radical (unpaired) electrons. The number of nitrogens with zero attached hydrogens (tertiary/aromatic N) is 2. The van der Waals surface area contributed by atoms with Crippen LogP contribution in [0.1, 0.15) is 48.0 Å². The van der Waals surface area contributed by atoms with Crippen LogP contribution in [0.4, 0.5) is 4.79 Å². The minimum atomic E-state index is -0.531. The predicted octanol–water partition coefficient (Wildman–Crippen LogP) is 3.48. The highest BCUT2D eigenvalue weighted by Crippen LogP contribution is 2.19. The van der Waals surface area contributed by atoms with Crippen LogP contribution in [0.15, 0.2) is 12.3 Å². The van der Waals surface area contributed by atoms with Crippen molar-refractivity contribution in [3.05, 3.63) is 12.3 Å². The van der Waals surface area contributed by atoms with Gasteiger partial charge in [-0.05, 0) is 32.6 Å². The lowest BCUT2D eigenvalue weighted by molar-refractivity contribution is 0.0511. The molecule has 0 aromatic carbocycles. The van der Waals surface area contributed by atoms with E-state index < -0.39 is 11.7 Å². The second kappa shape index (κ2) is 5.63. The van der Waals surface area contributed by atoms with Crippen LogP contribution in [0.2, 0.25) is 0 Å². The fourth-order valence-corrected chi connectivity index (χ4v) is 1.26.